The fourth-order valence-corrected chi connectivity index (χ4v) is 5.46. The second kappa shape index (κ2) is 9.70. The molecule has 1 saturated carbocycles. The maximum atomic E-state index is 12.6. The summed E-state index contributed by atoms with van der Waals surface area (Å²) in [6.45, 7) is 7.35. The van der Waals surface area contributed by atoms with Gasteiger partial charge in [0, 0.05) is 12.6 Å². The molecule has 3 rings (SSSR count). The van der Waals surface area contributed by atoms with Gasteiger partial charge in [0.05, 0.1) is 21.7 Å². The molecule has 0 aliphatic heterocycles. The number of unbranched alkanes of at least 4 members (excludes halogenated alkanes) is 1. The molecule has 1 aromatic heterocycles. The molecule has 7 nitrogen and oxygen atoms in total. The summed E-state index contributed by atoms with van der Waals surface area (Å²) in [6, 6.07) is 4.99. The highest BCUT2D eigenvalue weighted by Crippen LogP contribution is 2.30. The Bertz CT molecular complexity index is 1000. The lowest BCUT2D eigenvalue weighted by molar-refractivity contribution is -0.120. The summed E-state index contributed by atoms with van der Waals surface area (Å²) in [4.78, 5) is 17.3. The molecule has 0 spiro atoms. The number of aryl methyl sites for hydroxylation is 1. The summed E-state index contributed by atoms with van der Waals surface area (Å²) in [5.74, 6) is 1.42. The van der Waals surface area contributed by atoms with Gasteiger partial charge in [0.25, 0.3) is 0 Å². The van der Waals surface area contributed by atoms with Gasteiger partial charge < -0.3 is 9.88 Å². The lowest BCUT2D eigenvalue weighted by atomic mass is 9.78. The van der Waals surface area contributed by atoms with Crippen LogP contribution in [0.4, 0.5) is 0 Å². The molecule has 0 saturated heterocycles. The summed E-state index contributed by atoms with van der Waals surface area (Å²) in [6.07, 6.45) is 5.41. The third-order valence-corrected chi connectivity index (χ3v) is 8.02. The van der Waals surface area contributed by atoms with Crippen molar-refractivity contribution in [3.8, 4) is 0 Å². The first-order chi connectivity index (χ1) is 14.2. The number of imidazole rings is 1. The molecule has 1 aromatic carbocycles. The van der Waals surface area contributed by atoms with Crippen molar-refractivity contribution in [2.24, 2.45) is 17.0 Å². The second-order valence-corrected chi connectivity index (χ2v) is 10.8. The van der Waals surface area contributed by atoms with Crippen LogP contribution in [0.25, 0.3) is 11.0 Å². The molecular formula is C21H32N4O3S2. The number of amides is 1. The average Bonchev–Trinajstić information content (AvgIpc) is 3.04. The smallest absolute Gasteiger partial charge is 0.238 e. The van der Waals surface area contributed by atoms with E-state index in [0.717, 1.165) is 42.9 Å². The number of thioether (sulfide) groups is 1. The van der Waals surface area contributed by atoms with Gasteiger partial charge in [-0.15, -0.1) is 0 Å². The number of nitrogens with one attached hydrogen (secondary N) is 1. The Kier molecular flexibility index (Phi) is 7.47. The summed E-state index contributed by atoms with van der Waals surface area (Å²) in [7, 11) is -3.79. The van der Waals surface area contributed by atoms with E-state index in [2.05, 4.69) is 35.6 Å². The first-order valence-electron chi connectivity index (χ1n) is 10.7. The molecule has 30 heavy (non-hydrogen) atoms. The zero-order chi connectivity index (χ0) is 21.9. The SMILES string of the molecule is CCCCn1c(SCC(=O)N[C@H]2CCC[C@@H](C)[C@@H]2C)nc2cc(S(N)(=O)=O)ccc21. The highest BCUT2D eigenvalue weighted by Gasteiger charge is 2.28. The van der Waals surface area contributed by atoms with E-state index in [1.54, 1.807) is 6.07 Å². The molecule has 0 unspecified atom stereocenters. The number of carbonyl (C=O) groups excluding carboxylic acids is 1. The highest BCUT2D eigenvalue weighted by molar-refractivity contribution is 7.99. The number of sulfonamides is 1. The third-order valence-electron chi connectivity index (χ3n) is 6.13. The lowest BCUT2D eigenvalue weighted by Crippen LogP contribution is -2.44. The Balaban J connectivity index is 1.76. The van der Waals surface area contributed by atoms with E-state index in [-0.39, 0.29) is 22.6 Å². The Morgan fingerprint density at radius 2 is 2.10 bits per heavy atom. The molecule has 1 amide bonds. The van der Waals surface area contributed by atoms with E-state index in [1.165, 1.54) is 30.3 Å². The van der Waals surface area contributed by atoms with Crippen LogP contribution < -0.4 is 10.5 Å². The van der Waals surface area contributed by atoms with Gasteiger partial charge in [0.1, 0.15) is 0 Å². The topological polar surface area (TPSA) is 107 Å². The van der Waals surface area contributed by atoms with E-state index in [1.807, 2.05) is 0 Å². The van der Waals surface area contributed by atoms with Crippen molar-refractivity contribution in [3.05, 3.63) is 18.2 Å². The number of primary sulfonamides is 1. The van der Waals surface area contributed by atoms with Gasteiger partial charge in [-0.3, -0.25) is 4.79 Å². The van der Waals surface area contributed by atoms with Crippen molar-refractivity contribution in [2.45, 2.75) is 75.5 Å². The predicted molar refractivity (Wildman–Crippen MR) is 121 cm³/mol. The monoisotopic (exact) mass is 452 g/mol. The van der Waals surface area contributed by atoms with Crippen LogP contribution in [0.2, 0.25) is 0 Å². The standard InChI is InChI=1S/C21H32N4O3S2/c1-4-5-11-25-19-10-9-16(30(22,27)28)12-18(19)24-21(25)29-13-20(26)23-17-8-6-7-14(2)15(17)3/h9-10,12,14-15,17H,4-8,11,13H2,1-3H3,(H,23,26)(H2,22,27,28)/t14-,15+,17+/m1/s1. The molecule has 3 N–H and O–H groups in total. The molecule has 0 radical (unpaired) electrons. The van der Waals surface area contributed by atoms with Crippen LogP contribution in [-0.2, 0) is 21.4 Å². The summed E-state index contributed by atoms with van der Waals surface area (Å²) in [5.41, 5.74) is 1.43. The molecule has 0 bridgehead atoms. The van der Waals surface area contributed by atoms with Gasteiger partial charge in [0.15, 0.2) is 5.16 Å². The van der Waals surface area contributed by atoms with Crippen molar-refractivity contribution >= 4 is 38.7 Å². The fourth-order valence-electron chi connectivity index (χ4n) is 4.07. The van der Waals surface area contributed by atoms with Gasteiger partial charge in [0.2, 0.25) is 15.9 Å². The van der Waals surface area contributed by atoms with Crippen LogP contribution in [-0.4, -0.2) is 35.7 Å². The molecule has 2 aromatic rings. The Morgan fingerprint density at radius 3 is 2.80 bits per heavy atom. The number of nitrogens with zero attached hydrogens (tertiary/aromatic N) is 2. The van der Waals surface area contributed by atoms with E-state index in [9.17, 15) is 13.2 Å². The van der Waals surface area contributed by atoms with E-state index >= 15 is 0 Å². The van der Waals surface area contributed by atoms with Crippen molar-refractivity contribution in [1.82, 2.24) is 14.9 Å². The zero-order valence-electron chi connectivity index (χ0n) is 17.9. The minimum Gasteiger partial charge on any atom is -0.352 e. The second-order valence-electron chi connectivity index (χ2n) is 8.33. The van der Waals surface area contributed by atoms with Crippen LogP contribution in [0.1, 0.15) is 52.9 Å². The van der Waals surface area contributed by atoms with Crippen LogP contribution in [0.5, 0.6) is 0 Å². The van der Waals surface area contributed by atoms with Gasteiger partial charge in [-0.1, -0.05) is 51.8 Å². The Hall–Kier alpha value is -1.58. The maximum Gasteiger partial charge on any atom is 0.238 e. The van der Waals surface area contributed by atoms with Crippen LogP contribution >= 0.6 is 11.8 Å². The molecule has 1 fully saturated rings. The molecule has 3 atom stereocenters. The minimum atomic E-state index is -3.79. The number of fused-ring (bicyclic) bond motifs is 1. The number of hydrogen-bond acceptors (Lipinski definition) is 5. The number of nitrogens with two attached hydrogens (primary N) is 1. The van der Waals surface area contributed by atoms with E-state index in [4.69, 9.17) is 5.14 Å². The first kappa shape index (κ1) is 23.1. The number of aromatic nitrogens is 2. The lowest BCUT2D eigenvalue weighted by Gasteiger charge is -2.34. The first-order valence-corrected chi connectivity index (χ1v) is 13.2. The number of benzene rings is 1. The van der Waals surface area contributed by atoms with Crippen LogP contribution in [0, 0.1) is 11.8 Å². The fraction of sp³-hybridized carbons (Fsp3) is 0.619. The Morgan fingerprint density at radius 1 is 1.33 bits per heavy atom. The summed E-state index contributed by atoms with van der Waals surface area (Å²) >= 11 is 1.39. The molecule has 1 heterocycles. The molecule has 166 valence electrons. The molecule has 9 heteroatoms. The molecule has 1 aliphatic carbocycles. The summed E-state index contributed by atoms with van der Waals surface area (Å²) < 4.78 is 25.4. The minimum absolute atomic E-state index is 0.0188. The van der Waals surface area contributed by atoms with Crippen molar-refractivity contribution in [2.75, 3.05) is 5.75 Å². The van der Waals surface area contributed by atoms with Crippen molar-refractivity contribution < 1.29 is 13.2 Å². The number of hydrogen-bond donors (Lipinski definition) is 2. The zero-order valence-corrected chi connectivity index (χ0v) is 19.6. The van der Waals surface area contributed by atoms with E-state index in [0.29, 0.717) is 17.4 Å². The molecular weight excluding hydrogens is 420 g/mol. The van der Waals surface area contributed by atoms with Crippen LogP contribution in [0.3, 0.4) is 0 Å². The number of rotatable bonds is 8. The van der Waals surface area contributed by atoms with Crippen molar-refractivity contribution in [3.63, 3.8) is 0 Å². The maximum absolute atomic E-state index is 12.6. The predicted octanol–water partition coefficient (Wildman–Crippen LogP) is 3.52. The highest BCUT2D eigenvalue weighted by atomic mass is 32.2. The summed E-state index contributed by atoms with van der Waals surface area (Å²) in [5, 5.41) is 9.19. The molecule has 1 aliphatic rings. The quantitative estimate of drug-likeness (QED) is 0.596. The van der Waals surface area contributed by atoms with E-state index < -0.39 is 10.0 Å². The van der Waals surface area contributed by atoms with Gasteiger partial charge >= 0.3 is 0 Å². The average molecular weight is 453 g/mol. The van der Waals surface area contributed by atoms with Gasteiger partial charge in [-0.25, -0.2) is 18.5 Å². The van der Waals surface area contributed by atoms with Crippen LogP contribution in [0.15, 0.2) is 28.3 Å². The number of carbonyl (C=O) groups is 1. The third kappa shape index (κ3) is 5.36. The normalized spacial score (nSPS) is 22.3. The van der Waals surface area contributed by atoms with Gasteiger partial charge in [-0.05, 0) is 42.9 Å². The Labute approximate surface area is 183 Å². The largest absolute Gasteiger partial charge is 0.352 e. The van der Waals surface area contributed by atoms with Gasteiger partial charge in [-0.2, -0.15) is 0 Å². The van der Waals surface area contributed by atoms with Crippen molar-refractivity contribution in [1.29, 1.82) is 0 Å².